The largest absolute Gasteiger partial charge is 0.464 e. The smallest absolute Gasteiger partial charge is 0.331 e. The van der Waals surface area contributed by atoms with E-state index in [0.29, 0.717) is 11.2 Å². The highest BCUT2D eigenvalue weighted by Crippen LogP contribution is 2.35. The molecule has 0 atom stereocenters. The second-order valence-electron chi connectivity index (χ2n) is 7.44. The standard InChI is InChI=1S/C19H26N2O3S/c1-6-24-18(23)19(4,5)21-15(11(2)3)20-16-14(17(21)22)12-9-7-8-10-13(12)25-16/h11H,6-10H2,1-5H3. The van der Waals surface area contributed by atoms with Crippen molar-refractivity contribution in [3.63, 3.8) is 0 Å². The molecule has 2 heterocycles. The van der Waals surface area contributed by atoms with Crippen molar-refractivity contribution in [2.24, 2.45) is 0 Å². The second kappa shape index (κ2) is 6.56. The second-order valence-corrected chi connectivity index (χ2v) is 8.52. The predicted molar refractivity (Wildman–Crippen MR) is 101 cm³/mol. The van der Waals surface area contributed by atoms with Crippen molar-refractivity contribution in [2.75, 3.05) is 6.61 Å². The van der Waals surface area contributed by atoms with Crippen molar-refractivity contribution in [3.8, 4) is 0 Å². The van der Waals surface area contributed by atoms with Crippen LogP contribution in [0.2, 0.25) is 0 Å². The summed E-state index contributed by atoms with van der Waals surface area (Å²) in [5, 5.41) is 0.710. The van der Waals surface area contributed by atoms with Gasteiger partial charge in [-0.1, -0.05) is 13.8 Å². The minimum Gasteiger partial charge on any atom is -0.464 e. The first kappa shape index (κ1) is 18.1. The fraction of sp³-hybridized carbons (Fsp3) is 0.632. The first-order chi connectivity index (χ1) is 11.8. The average Bonchev–Trinajstić information content (AvgIpc) is 2.93. The summed E-state index contributed by atoms with van der Waals surface area (Å²) >= 11 is 1.64. The summed E-state index contributed by atoms with van der Waals surface area (Å²) in [5.74, 6) is 0.281. The number of hydrogen-bond donors (Lipinski definition) is 0. The summed E-state index contributed by atoms with van der Waals surface area (Å²) in [6, 6.07) is 0. The molecule has 0 radical (unpaired) electrons. The third kappa shape index (κ3) is 2.90. The molecular weight excluding hydrogens is 336 g/mol. The number of esters is 1. The Morgan fingerprint density at radius 1 is 1.32 bits per heavy atom. The molecule has 3 rings (SSSR count). The van der Waals surface area contributed by atoms with Gasteiger partial charge in [-0.15, -0.1) is 11.3 Å². The van der Waals surface area contributed by atoms with Crippen molar-refractivity contribution < 1.29 is 9.53 Å². The Balaban J connectivity index is 2.33. The van der Waals surface area contributed by atoms with Crippen LogP contribution in [0.1, 0.15) is 69.6 Å². The minimum absolute atomic E-state index is 0.0323. The lowest BCUT2D eigenvalue weighted by atomic mass is 9.96. The summed E-state index contributed by atoms with van der Waals surface area (Å²) in [4.78, 5) is 32.9. The fourth-order valence-corrected chi connectivity index (χ4v) is 4.81. The number of thiophene rings is 1. The van der Waals surface area contributed by atoms with Crippen LogP contribution in [0.25, 0.3) is 10.2 Å². The summed E-state index contributed by atoms with van der Waals surface area (Å²) in [5.41, 5.74) is -0.0456. The average molecular weight is 362 g/mol. The topological polar surface area (TPSA) is 61.2 Å². The molecule has 0 unspecified atom stereocenters. The van der Waals surface area contributed by atoms with E-state index >= 15 is 0 Å². The molecule has 0 saturated carbocycles. The van der Waals surface area contributed by atoms with E-state index in [1.54, 1.807) is 36.7 Å². The molecule has 6 heteroatoms. The number of nitrogens with zero attached hydrogens (tertiary/aromatic N) is 2. The molecule has 2 aromatic rings. The van der Waals surface area contributed by atoms with Crippen LogP contribution in [-0.4, -0.2) is 22.1 Å². The Bertz CT molecular complexity index is 877. The molecule has 0 fully saturated rings. The zero-order valence-corrected chi connectivity index (χ0v) is 16.5. The van der Waals surface area contributed by atoms with E-state index in [2.05, 4.69) is 0 Å². The number of rotatable bonds is 4. The Kier molecular flexibility index (Phi) is 4.75. The van der Waals surface area contributed by atoms with Gasteiger partial charge in [-0.2, -0.15) is 0 Å². The van der Waals surface area contributed by atoms with E-state index in [9.17, 15) is 9.59 Å². The molecule has 0 amide bonds. The van der Waals surface area contributed by atoms with E-state index in [-0.39, 0.29) is 18.1 Å². The van der Waals surface area contributed by atoms with Crippen molar-refractivity contribution in [1.82, 2.24) is 9.55 Å². The predicted octanol–water partition coefficient (Wildman–Crippen LogP) is 3.76. The normalized spacial score (nSPS) is 14.8. The third-order valence-electron chi connectivity index (χ3n) is 4.87. The van der Waals surface area contributed by atoms with E-state index in [1.807, 2.05) is 13.8 Å². The van der Waals surface area contributed by atoms with Crippen LogP contribution >= 0.6 is 11.3 Å². The highest BCUT2D eigenvalue weighted by atomic mass is 32.1. The quantitative estimate of drug-likeness (QED) is 0.777. The van der Waals surface area contributed by atoms with E-state index in [0.717, 1.165) is 29.7 Å². The van der Waals surface area contributed by atoms with Gasteiger partial charge in [-0.25, -0.2) is 9.78 Å². The Morgan fingerprint density at radius 3 is 2.64 bits per heavy atom. The van der Waals surface area contributed by atoms with Crippen LogP contribution < -0.4 is 5.56 Å². The lowest BCUT2D eigenvalue weighted by Crippen LogP contribution is -2.46. The maximum Gasteiger partial charge on any atom is 0.331 e. The van der Waals surface area contributed by atoms with E-state index in [4.69, 9.17) is 9.72 Å². The number of aryl methyl sites for hydroxylation is 2. The molecular formula is C19H26N2O3S. The number of carbonyl (C=O) groups is 1. The van der Waals surface area contributed by atoms with Crippen molar-refractivity contribution in [1.29, 1.82) is 0 Å². The maximum atomic E-state index is 13.5. The van der Waals surface area contributed by atoms with Crippen LogP contribution in [0, 0.1) is 0 Å². The highest BCUT2D eigenvalue weighted by molar-refractivity contribution is 7.18. The first-order valence-corrected chi connectivity index (χ1v) is 9.85. The lowest BCUT2D eigenvalue weighted by molar-refractivity contribution is -0.152. The number of carbonyl (C=O) groups excluding carboxylic acids is 1. The molecule has 5 nitrogen and oxygen atoms in total. The zero-order chi connectivity index (χ0) is 18.4. The summed E-state index contributed by atoms with van der Waals surface area (Å²) in [7, 11) is 0. The van der Waals surface area contributed by atoms with Crippen LogP contribution in [0.15, 0.2) is 4.79 Å². The third-order valence-corrected chi connectivity index (χ3v) is 6.05. The molecule has 0 aliphatic heterocycles. The SMILES string of the molecule is CCOC(=O)C(C)(C)n1c(C(C)C)nc2sc3c(c2c1=O)CCCC3. The van der Waals surface area contributed by atoms with Gasteiger partial charge in [-0.3, -0.25) is 9.36 Å². The zero-order valence-electron chi connectivity index (χ0n) is 15.6. The van der Waals surface area contributed by atoms with Crippen molar-refractivity contribution in [2.45, 2.75) is 71.8 Å². The molecule has 25 heavy (non-hydrogen) atoms. The monoisotopic (exact) mass is 362 g/mol. The Morgan fingerprint density at radius 2 is 2.00 bits per heavy atom. The number of aromatic nitrogens is 2. The Hall–Kier alpha value is -1.69. The molecule has 1 aliphatic carbocycles. The van der Waals surface area contributed by atoms with Gasteiger partial charge in [0.1, 0.15) is 16.2 Å². The van der Waals surface area contributed by atoms with Gasteiger partial charge in [0.15, 0.2) is 0 Å². The molecule has 2 aromatic heterocycles. The van der Waals surface area contributed by atoms with E-state index in [1.165, 1.54) is 11.3 Å². The fourth-order valence-electron chi connectivity index (χ4n) is 3.55. The minimum atomic E-state index is -1.09. The summed E-state index contributed by atoms with van der Waals surface area (Å²) < 4.78 is 6.80. The van der Waals surface area contributed by atoms with Gasteiger partial charge in [0.05, 0.1) is 12.0 Å². The molecule has 1 aliphatic rings. The van der Waals surface area contributed by atoms with Crippen molar-refractivity contribution in [3.05, 3.63) is 26.6 Å². The number of ether oxygens (including phenoxy) is 1. The maximum absolute atomic E-state index is 13.5. The number of hydrogen-bond acceptors (Lipinski definition) is 5. The van der Waals surface area contributed by atoms with Gasteiger partial charge in [-0.05, 0) is 52.0 Å². The van der Waals surface area contributed by atoms with Crippen LogP contribution in [-0.2, 0) is 27.9 Å². The summed E-state index contributed by atoms with van der Waals surface area (Å²) in [6.07, 6.45) is 4.21. The molecule has 136 valence electrons. The lowest BCUT2D eigenvalue weighted by Gasteiger charge is -2.28. The molecule has 0 aromatic carbocycles. The summed E-state index contributed by atoms with van der Waals surface area (Å²) in [6.45, 7) is 9.54. The van der Waals surface area contributed by atoms with Gasteiger partial charge in [0.2, 0.25) is 0 Å². The van der Waals surface area contributed by atoms with Gasteiger partial charge in [0, 0.05) is 10.8 Å². The van der Waals surface area contributed by atoms with Gasteiger partial charge in [0.25, 0.3) is 5.56 Å². The first-order valence-electron chi connectivity index (χ1n) is 9.03. The van der Waals surface area contributed by atoms with Crippen LogP contribution in [0.3, 0.4) is 0 Å². The molecule has 0 spiro atoms. The highest BCUT2D eigenvalue weighted by Gasteiger charge is 2.36. The van der Waals surface area contributed by atoms with Crippen molar-refractivity contribution >= 4 is 27.5 Å². The van der Waals surface area contributed by atoms with Gasteiger partial charge < -0.3 is 4.74 Å². The van der Waals surface area contributed by atoms with Gasteiger partial charge >= 0.3 is 5.97 Å². The molecule has 0 saturated heterocycles. The number of fused-ring (bicyclic) bond motifs is 3. The van der Waals surface area contributed by atoms with E-state index < -0.39 is 11.5 Å². The van der Waals surface area contributed by atoms with Crippen LogP contribution in [0.4, 0.5) is 0 Å². The molecule has 0 N–H and O–H groups in total. The Labute approximate surface area is 152 Å². The molecule has 0 bridgehead atoms. The van der Waals surface area contributed by atoms with Crippen LogP contribution in [0.5, 0.6) is 0 Å².